The fourth-order valence-corrected chi connectivity index (χ4v) is 2.17. The number of aromatic nitrogens is 2. The van der Waals surface area contributed by atoms with Crippen LogP contribution in [0.1, 0.15) is 11.5 Å². The molecule has 1 amide bonds. The molecule has 1 aromatic carbocycles. The Bertz CT molecular complexity index is 623. The first kappa shape index (κ1) is 12.5. The summed E-state index contributed by atoms with van der Waals surface area (Å²) in [5.41, 5.74) is 2.82. The van der Waals surface area contributed by atoms with Crippen LogP contribution in [0.25, 0.3) is 0 Å². The summed E-state index contributed by atoms with van der Waals surface area (Å²) in [6.45, 7) is 3.63. The zero-order chi connectivity index (χ0) is 13.9. The maximum Gasteiger partial charge on any atom is 0.414 e. The Morgan fingerprint density at radius 3 is 3.10 bits per heavy atom. The van der Waals surface area contributed by atoms with E-state index in [1.54, 1.807) is 4.90 Å². The van der Waals surface area contributed by atoms with Crippen LogP contribution in [0.2, 0.25) is 0 Å². The molecule has 2 aromatic rings. The molecule has 1 aliphatic rings. The molecule has 20 heavy (non-hydrogen) atoms. The minimum atomic E-state index is -0.286. The summed E-state index contributed by atoms with van der Waals surface area (Å²) in [7, 11) is 0. The monoisotopic (exact) mass is 272 g/mol. The van der Waals surface area contributed by atoms with Crippen LogP contribution in [0.4, 0.5) is 16.2 Å². The minimum Gasteiger partial charge on any atom is -0.447 e. The van der Waals surface area contributed by atoms with E-state index in [9.17, 15) is 4.79 Å². The molecule has 0 spiro atoms. The SMILES string of the molecule is Cc1ncc(CNc2cccc(N3CCOC3=O)c2)[nH]1. The van der Waals surface area contributed by atoms with Crippen molar-refractivity contribution < 1.29 is 9.53 Å². The van der Waals surface area contributed by atoms with Gasteiger partial charge in [-0.1, -0.05) is 6.07 Å². The maximum absolute atomic E-state index is 11.5. The number of imidazole rings is 1. The average Bonchev–Trinajstić information content (AvgIpc) is 3.05. The molecule has 0 radical (unpaired) electrons. The standard InChI is InChI=1S/C14H16N4O2/c1-10-15-8-12(17-10)9-16-11-3-2-4-13(7-11)18-5-6-20-14(18)19/h2-4,7-8,16H,5-6,9H2,1H3,(H,15,17). The number of aryl methyl sites for hydroxylation is 1. The molecule has 1 aliphatic heterocycles. The number of nitrogens with zero attached hydrogens (tertiary/aromatic N) is 2. The number of carbonyl (C=O) groups is 1. The molecular weight excluding hydrogens is 256 g/mol. The Morgan fingerprint density at radius 2 is 2.40 bits per heavy atom. The number of anilines is 2. The second kappa shape index (κ2) is 5.24. The highest BCUT2D eigenvalue weighted by Crippen LogP contribution is 2.22. The Kier molecular flexibility index (Phi) is 3.28. The van der Waals surface area contributed by atoms with E-state index in [1.807, 2.05) is 37.4 Å². The third-order valence-electron chi connectivity index (χ3n) is 3.16. The molecule has 2 heterocycles. The highest BCUT2D eigenvalue weighted by molar-refractivity contribution is 5.89. The van der Waals surface area contributed by atoms with Crippen molar-refractivity contribution in [2.24, 2.45) is 0 Å². The minimum absolute atomic E-state index is 0.286. The Balaban J connectivity index is 1.69. The van der Waals surface area contributed by atoms with E-state index in [2.05, 4.69) is 15.3 Å². The Hall–Kier alpha value is -2.50. The number of carbonyl (C=O) groups excluding carboxylic acids is 1. The number of hydrogen-bond acceptors (Lipinski definition) is 4. The molecule has 104 valence electrons. The number of H-pyrrole nitrogens is 1. The summed E-state index contributed by atoms with van der Waals surface area (Å²) < 4.78 is 4.95. The molecule has 6 heteroatoms. The van der Waals surface area contributed by atoms with Crippen LogP contribution in [0.15, 0.2) is 30.5 Å². The first-order chi connectivity index (χ1) is 9.72. The fraction of sp³-hybridized carbons (Fsp3) is 0.286. The van der Waals surface area contributed by atoms with Crippen LogP contribution in [-0.4, -0.2) is 29.2 Å². The molecule has 1 saturated heterocycles. The van der Waals surface area contributed by atoms with E-state index in [0.29, 0.717) is 19.7 Å². The van der Waals surface area contributed by atoms with Gasteiger partial charge in [-0.2, -0.15) is 0 Å². The quantitative estimate of drug-likeness (QED) is 0.896. The second-order valence-electron chi connectivity index (χ2n) is 4.66. The largest absolute Gasteiger partial charge is 0.447 e. The van der Waals surface area contributed by atoms with Gasteiger partial charge in [0.2, 0.25) is 0 Å². The van der Waals surface area contributed by atoms with Crippen molar-refractivity contribution in [1.82, 2.24) is 9.97 Å². The van der Waals surface area contributed by atoms with Crippen LogP contribution in [0.3, 0.4) is 0 Å². The summed E-state index contributed by atoms with van der Waals surface area (Å²) in [5.74, 6) is 0.898. The second-order valence-corrected chi connectivity index (χ2v) is 4.66. The zero-order valence-corrected chi connectivity index (χ0v) is 11.2. The Labute approximate surface area is 116 Å². The molecule has 0 bridgehead atoms. The van der Waals surface area contributed by atoms with Crippen molar-refractivity contribution in [3.8, 4) is 0 Å². The van der Waals surface area contributed by atoms with E-state index in [-0.39, 0.29) is 6.09 Å². The molecule has 2 N–H and O–H groups in total. The molecule has 1 aromatic heterocycles. The van der Waals surface area contributed by atoms with Crippen molar-refractivity contribution >= 4 is 17.5 Å². The van der Waals surface area contributed by atoms with Crippen LogP contribution in [0, 0.1) is 6.92 Å². The number of rotatable bonds is 4. The van der Waals surface area contributed by atoms with Crippen molar-refractivity contribution in [3.05, 3.63) is 42.0 Å². The summed E-state index contributed by atoms with van der Waals surface area (Å²) in [4.78, 5) is 20.5. The van der Waals surface area contributed by atoms with Gasteiger partial charge >= 0.3 is 6.09 Å². The van der Waals surface area contributed by atoms with Gasteiger partial charge in [-0.15, -0.1) is 0 Å². The number of hydrogen-bond donors (Lipinski definition) is 2. The zero-order valence-electron chi connectivity index (χ0n) is 11.2. The van der Waals surface area contributed by atoms with Crippen LogP contribution < -0.4 is 10.2 Å². The number of ether oxygens (including phenoxy) is 1. The molecular formula is C14H16N4O2. The average molecular weight is 272 g/mol. The lowest BCUT2D eigenvalue weighted by Gasteiger charge is -2.14. The lowest BCUT2D eigenvalue weighted by molar-refractivity contribution is 0.181. The Morgan fingerprint density at radius 1 is 1.50 bits per heavy atom. The van der Waals surface area contributed by atoms with Crippen molar-refractivity contribution in [2.75, 3.05) is 23.4 Å². The third kappa shape index (κ3) is 2.59. The summed E-state index contributed by atoms with van der Waals surface area (Å²) in [6, 6.07) is 7.73. The number of benzene rings is 1. The lowest BCUT2D eigenvalue weighted by atomic mass is 10.2. The van der Waals surface area contributed by atoms with E-state index in [4.69, 9.17) is 4.74 Å². The molecule has 6 nitrogen and oxygen atoms in total. The highest BCUT2D eigenvalue weighted by Gasteiger charge is 2.23. The predicted octanol–water partition coefficient (Wildman–Crippen LogP) is 2.29. The topological polar surface area (TPSA) is 70.2 Å². The number of cyclic esters (lactones) is 1. The van der Waals surface area contributed by atoms with Gasteiger partial charge in [0.25, 0.3) is 0 Å². The van der Waals surface area contributed by atoms with E-state index >= 15 is 0 Å². The van der Waals surface area contributed by atoms with E-state index in [0.717, 1.165) is 22.9 Å². The molecule has 1 fully saturated rings. The predicted molar refractivity (Wildman–Crippen MR) is 75.8 cm³/mol. The van der Waals surface area contributed by atoms with Gasteiger partial charge in [0.05, 0.1) is 25.0 Å². The highest BCUT2D eigenvalue weighted by atomic mass is 16.6. The first-order valence-electron chi connectivity index (χ1n) is 6.51. The smallest absolute Gasteiger partial charge is 0.414 e. The molecule has 3 rings (SSSR count). The van der Waals surface area contributed by atoms with Gasteiger partial charge in [0.15, 0.2) is 0 Å². The van der Waals surface area contributed by atoms with Gasteiger partial charge in [-0.05, 0) is 25.1 Å². The molecule has 0 unspecified atom stereocenters. The molecule has 0 aliphatic carbocycles. The van der Waals surface area contributed by atoms with Crippen molar-refractivity contribution in [1.29, 1.82) is 0 Å². The molecule has 0 atom stereocenters. The number of amides is 1. The maximum atomic E-state index is 11.5. The molecule has 0 saturated carbocycles. The van der Waals surface area contributed by atoms with E-state index < -0.39 is 0 Å². The van der Waals surface area contributed by atoms with Crippen molar-refractivity contribution in [3.63, 3.8) is 0 Å². The van der Waals surface area contributed by atoms with Gasteiger partial charge in [-0.3, -0.25) is 4.90 Å². The lowest BCUT2D eigenvalue weighted by Crippen LogP contribution is -2.23. The fourth-order valence-electron chi connectivity index (χ4n) is 2.17. The van der Waals surface area contributed by atoms with Gasteiger partial charge in [-0.25, -0.2) is 9.78 Å². The first-order valence-corrected chi connectivity index (χ1v) is 6.51. The summed E-state index contributed by atoms with van der Waals surface area (Å²) in [5, 5.41) is 3.30. The van der Waals surface area contributed by atoms with Crippen LogP contribution in [0.5, 0.6) is 0 Å². The number of nitrogens with one attached hydrogen (secondary N) is 2. The summed E-state index contributed by atoms with van der Waals surface area (Å²) in [6.07, 6.45) is 1.52. The van der Waals surface area contributed by atoms with Gasteiger partial charge in [0.1, 0.15) is 12.4 Å². The van der Waals surface area contributed by atoms with Crippen LogP contribution in [-0.2, 0) is 11.3 Å². The van der Waals surface area contributed by atoms with E-state index in [1.165, 1.54) is 0 Å². The van der Waals surface area contributed by atoms with Gasteiger partial charge < -0.3 is 15.0 Å². The normalized spacial score (nSPS) is 14.4. The van der Waals surface area contributed by atoms with Gasteiger partial charge in [0, 0.05) is 11.4 Å². The van der Waals surface area contributed by atoms with Crippen molar-refractivity contribution in [2.45, 2.75) is 13.5 Å². The number of aromatic amines is 1. The summed E-state index contributed by atoms with van der Waals surface area (Å²) >= 11 is 0. The van der Waals surface area contributed by atoms with Crippen LogP contribution >= 0.6 is 0 Å². The third-order valence-corrected chi connectivity index (χ3v) is 3.16.